The average Bonchev–Trinajstić information content (AvgIpc) is 3.25. The van der Waals surface area contributed by atoms with Crippen LogP contribution in [0.2, 0.25) is 0 Å². The van der Waals surface area contributed by atoms with Gasteiger partial charge in [-0.25, -0.2) is 0 Å². The first-order valence-electron chi connectivity index (χ1n) is 12.6. The molecule has 0 aromatic heterocycles. The summed E-state index contributed by atoms with van der Waals surface area (Å²) in [7, 11) is 4.14. The zero-order valence-corrected chi connectivity index (χ0v) is 20.0. The van der Waals surface area contributed by atoms with E-state index in [-0.39, 0.29) is 35.5 Å². The van der Waals surface area contributed by atoms with Crippen LogP contribution in [-0.2, 0) is 19.2 Å². The van der Waals surface area contributed by atoms with Crippen molar-refractivity contribution in [3.63, 3.8) is 0 Å². The molecule has 7 aliphatic rings. The standard InChI is InChI=1S/C24H34N6O4/c1-25-5-9-27(10-6-25)13-29-21(31)17-15-3-4-16(18(17)22(29)32)20-19(15)23(33)30(24(20)34)14-28-11-7-26(2)8-12-28/h3-4,15-20H,5-14H2,1-2H3/t15?,16?,17-,18-,19+,20+. The van der Waals surface area contributed by atoms with Crippen LogP contribution in [0.4, 0.5) is 0 Å². The summed E-state index contributed by atoms with van der Waals surface area (Å²) >= 11 is 0. The Bertz CT molecular complexity index is 820. The van der Waals surface area contributed by atoms with Crippen molar-refractivity contribution in [2.45, 2.75) is 0 Å². The Hall–Kier alpha value is -2.14. The summed E-state index contributed by atoms with van der Waals surface area (Å²) < 4.78 is 0. The lowest BCUT2D eigenvalue weighted by atomic mass is 9.54. The fourth-order valence-electron chi connectivity index (χ4n) is 7.01. The number of carbonyl (C=O) groups excluding carboxylic acids is 4. The monoisotopic (exact) mass is 470 g/mol. The third-order valence-corrected chi connectivity index (χ3v) is 9.07. The zero-order chi connectivity index (χ0) is 23.7. The van der Waals surface area contributed by atoms with E-state index in [1.807, 2.05) is 12.2 Å². The van der Waals surface area contributed by atoms with Crippen molar-refractivity contribution in [3.05, 3.63) is 12.2 Å². The second-order valence-electron chi connectivity index (χ2n) is 11.0. The molecule has 4 amide bonds. The minimum atomic E-state index is -0.517. The predicted octanol–water partition coefficient (Wildman–Crippen LogP) is -1.59. The number of carbonyl (C=O) groups is 4. The van der Waals surface area contributed by atoms with Crippen LogP contribution in [0.15, 0.2) is 12.2 Å². The molecular weight excluding hydrogens is 436 g/mol. The van der Waals surface area contributed by atoms with Crippen LogP contribution < -0.4 is 0 Å². The maximum Gasteiger partial charge on any atom is 0.234 e. The quantitative estimate of drug-likeness (QED) is 0.359. The molecule has 0 N–H and O–H groups in total. The first kappa shape index (κ1) is 22.3. The third-order valence-electron chi connectivity index (χ3n) is 9.07. The zero-order valence-electron chi connectivity index (χ0n) is 20.0. The van der Waals surface area contributed by atoms with Gasteiger partial charge in [0.1, 0.15) is 0 Å². The van der Waals surface area contributed by atoms with Gasteiger partial charge in [0.25, 0.3) is 0 Å². The number of likely N-dealkylation sites (tertiary alicyclic amines) is 2. The lowest BCUT2D eigenvalue weighted by Crippen LogP contribution is -2.50. The molecule has 2 bridgehead atoms. The van der Waals surface area contributed by atoms with Gasteiger partial charge in [-0.2, -0.15) is 0 Å². The largest absolute Gasteiger partial charge is 0.304 e. The second-order valence-corrected chi connectivity index (χ2v) is 11.0. The second kappa shape index (κ2) is 8.22. The van der Waals surface area contributed by atoms with Crippen molar-refractivity contribution < 1.29 is 19.2 Å². The summed E-state index contributed by atoms with van der Waals surface area (Å²) in [6.07, 6.45) is 3.89. The summed E-state index contributed by atoms with van der Waals surface area (Å²) in [6, 6.07) is 0. The molecule has 0 radical (unpaired) electrons. The Morgan fingerprint density at radius 1 is 0.559 bits per heavy atom. The first-order chi connectivity index (χ1) is 16.3. The molecule has 10 heteroatoms. The Kier molecular flexibility index (Phi) is 5.40. The van der Waals surface area contributed by atoms with Gasteiger partial charge in [0.2, 0.25) is 23.6 Å². The third kappa shape index (κ3) is 3.30. The highest BCUT2D eigenvalue weighted by Gasteiger charge is 2.68. The summed E-state index contributed by atoms with van der Waals surface area (Å²) in [4.78, 5) is 65.6. The highest BCUT2D eigenvalue weighted by Crippen LogP contribution is 2.57. The minimum absolute atomic E-state index is 0.163. The molecule has 0 aromatic rings. The van der Waals surface area contributed by atoms with Crippen LogP contribution in [0.25, 0.3) is 0 Å². The van der Waals surface area contributed by atoms with Crippen LogP contribution in [0, 0.1) is 35.5 Å². The number of rotatable bonds is 4. The molecular formula is C24H34N6O4. The fourth-order valence-corrected chi connectivity index (χ4v) is 7.01. The van der Waals surface area contributed by atoms with Gasteiger partial charge in [-0.1, -0.05) is 12.2 Å². The number of imide groups is 2. The number of likely N-dealkylation sites (N-methyl/N-ethyl adjacent to an activating group) is 2. The van der Waals surface area contributed by atoms with Crippen LogP contribution in [-0.4, -0.2) is 133 Å². The van der Waals surface area contributed by atoms with Crippen molar-refractivity contribution in [1.82, 2.24) is 29.4 Å². The van der Waals surface area contributed by atoms with Gasteiger partial charge >= 0.3 is 0 Å². The molecule has 6 atom stereocenters. The summed E-state index contributed by atoms with van der Waals surface area (Å²) in [5.41, 5.74) is 0. The molecule has 0 aromatic carbocycles. The van der Waals surface area contributed by atoms with Gasteiger partial charge < -0.3 is 9.80 Å². The predicted molar refractivity (Wildman–Crippen MR) is 122 cm³/mol. The van der Waals surface area contributed by atoms with E-state index in [4.69, 9.17) is 0 Å². The van der Waals surface area contributed by atoms with E-state index in [1.54, 1.807) is 0 Å². The van der Waals surface area contributed by atoms with Gasteiger partial charge in [-0.05, 0) is 14.1 Å². The summed E-state index contributed by atoms with van der Waals surface area (Å²) in [6.45, 7) is 7.52. The number of amides is 4. The number of nitrogens with zero attached hydrogens (tertiary/aromatic N) is 6. The van der Waals surface area contributed by atoms with Gasteiger partial charge in [0.15, 0.2) is 0 Å². The molecule has 34 heavy (non-hydrogen) atoms. The number of hydrogen-bond donors (Lipinski definition) is 0. The molecule has 5 fully saturated rings. The first-order valence-corrected chi connectivity index (χ1v) is 12.6. The topological polar surface area (TPSA) is 87.7 Å². The molecule has 2 unspecified atom stereocenters. The van der Waals surface area contributed by atoms with Gasteiger partial charge in [-0.15, -0.1) is 0 Å². The maximum absolute atomic E-state index is 13.5. The van der Waals surface area contributed by atoms with E-state index < -0.39 is 23.7 Å². The SMILES string of the molecule is CN1CCN(CN2C(=O)[C@@H]3C4C=CC([C@H]3C2=O)[C@@H]2C(=O)N(CN3CCN(C)CC3)C(=O)[C@@H]42)CC1. The van der Waals surface area contributed by atoms with E-state index in [0.29, 0.717) is 13.3 Å². The Balaban J connectivity index is 1.21. The van der Waals surface area contributed by atoms with Crippen LogP contribution >= 0.6 is 0 Å². The lowest BCUT2D eigenvalue weighted by molar-refractivity contribution is -0.143. The van der Waals surface area contributed by atoms with E-state index >= 15 is 0 Å². The van der Waals surface area contributed by atoms with Crippen LogP contribution in [0.3, 0.4) is 0 Å². The normalized spacial score (nSPS) is 39.5. The smallest absolute Gasteiger partial charge is 0.234 e. The molecule has 184 valence electrons. The number of piperazine rings is 2. The summed E-state index contributed by atoms with van der Waals surface area (Å²) in [5.74, 6) is -3.46. The van der Waals surface area contributed by atoms with Gasteiger partial charge in [0.05, 0.1) is 37.0 Å². The Morgan fingerprint density at radius 3 is 1.15 bits per heavy atom. The van der Waals surface area contributed by atoms with Crippen molar-refractivity contribution in [1.29, 1.82) is 0 Å². The van der Waals surface area contributed by atoms with Crippen LogP contribution in [0.1, 0.15) is 0 Å². The molecule has 3 aliphatic carbocycles. The van der Waals surface area contributed by atoms with E-state index in [1.165, 1.54) is 9.80 Å². The van der Waals surface area contributed by atoms with E-state index in [9.17, 15) is 19.2 Å². The highest BCUT2D eigenvalue weighted by molar-refractivity contribution is 6.10. The van der Waals surface area contributed by atoms with E-state index in [0.717, 1.165) is 52.4 Å². The molecule has 10 nitrogen and oxygen atoms in total. The molecule has 4 aliphatic heterocycles. The molecule has 0 spiro atoms. The number of hydrogen-bond acceptors (Lipinski definition) is 8. The maximum atomic E-state index is 13.5. The fraction of sp³-hybridized carbons (Fsp3) is 0.750. The molecule has 4 saturated heterocycles. The minimum Gasteiger partial charge on any atom is -0.304 e. The Morgan fingerprint density at radius 2 is 0.853 bits per heavy atom. The lowest BCUT2D eigenvalue weighted by Gasteiger charge is -2.44. The summed E-state index contributed by atoms with van der Waals surface area (Å²) in [5, 5.41) is 0. The van der Waals surface area contributed by atoms with Gasteiger partial charge in [0, 0.05) is 64.2 Å². The van der Waals surface area contributed by atoms with Gasteiger partial charge in [-0.3, -0.25) is 38.8 Å². The van der Waals surface area contributed by atoms with Crippen molar-refractivity contribution in [3.8, 4) is 0 Å². The average molecular weight is 471 g/mol. The Labute approximate surface area is 200 Å². The van der Waals surface area contributed by atoms with Crippen molar-refractivity contribution >= 4 is 23.6 Å². The highest BCUT2D eigenvalue weighted by atomic mass is 16.2. The van der Waals surface area contributed by atoms with Crippen LogP contribution in [0.5, 0.6) is 0 Å². The molecule has 7 rings (SSSR count). The molecule has 1 saturated carbocycles. The number of allylic oxidation sites excluding steroid dienone is 2. The van der Waals surface area contributed by atoms with Crippen molar-refractivity contribution in [2.24, 2.45) is 35.5 Å². The van der Waals surface area contributed by atoms with E-state index in [2.05, 4.69) is 33.7 Å². The molecule has 4 heterocycles. The van der Waals surface area contributed by atoms with Crippen molar-refractivity contribution in [2.75, 3.05) is 79.8 Å².